The summed E-state index contributed by atoms with van der Waals surface area (Å²) in [5.41, 5.74) is 0. The van der Waals surface area contributed by atoms with Gasteiger partial charge >= 0.3 is 0 Å². The number of nitrogens with zero attached hydrogens (tertiary/aromatic N) is 1. The van der Waals surface area contributed by atoms with Gasteiger partial charge in [0, 0.05) is 13.1 Å². The maximum Gasteiger partial charge on any atom is 0.0575 e. The first kappa shape index (κ1) is 10.9. The molecule has 68 valence electrons. The Morgan fingerprint density at radius 2 is 1.82 bits per heavy atom. The van der Waals surface area contributed by atoms with E-state index in [1.807, 2.05) is 5.06 Å². The van der Waals surface area contributed by atoms with E-state index in [4.69, 9.17) is 4.84 Å². The molecule has 0 aliphatic carbocycles. The average Bonchev–Trinajstić information content (AvgIpc) is 2.05. The van der Waals surface area contributed by atoms with Crippen LogP contribution >= 0.6 is 0 Å². The highest BCUT2D eigenvalue weighted by Gasteiger charge is 1.97. The molecule has 0 bridgehead atoms. The molecule has 0 fully saturated rings. The second-order valence-corrected chi connectivity index (χ2v) is 2.76. The van der Waals surface area contributed by atoms with Crippen LogP contribution in [-0.2, 0) is 4.84 Å². The van der Waals surface area contributed by atoms with E-state index in [0.29, 0.717) is 0 Å². The first-order chi connectivity index (χ1) is 5.35. The van der Waals surface area contributed by atoms with Crippen LogP contribution in [0.25, 0.3) is 0 Å². The first-order valence-electron chi connectivity index (χ1n) is 4.64. The van der Waals surface area contributed by atoms with Crippen molar-refractivity contribution < 1.29 is 4.84 Å². The normalized spacial score (nSPS) is 10.9. The van der Waals surface area contributed by atoms with Crippen molar-refractivity contribution in [1.29, 1.82) is 0 Å². The Morgan fingerprint density at radius 3 is 2.27 bits per heavy atom. The third-order valence-electron chi connectivity index (χ3n) is 1.87. The summed E-state index contributed by atoms with van der Waals surface area (Å²) in [6, 6.07) is 0. The van der Waals surface area contributed by atoms with E-state index in [9.17, 15) is 0 Å². The van der Waals surface area contributed by atoms with E-state index >= 15 is 0 Å². The third-order valence-corrected chi connectivity index (χ3v) is 1.87. The molecule has 0 radical (unpaired) electrons. The minimum Gasteiger partial charge on any atom is -0.302 e. The standard InChI is InChI=1S/C9H21NO/c1-4-6-7-8-9-10(5-2)11-3/h4-9H2,1-3H3. The van der Waals surface area contributed by atoms with Crippen LogP contribution in [0.5, 0.6) is 0 Å². The second-order valence-electron chi connectivity index (χ2n) is 2.76. The lowest BCUT2D eigenvalue weighted by molar-refractivity contribution is -0.127. The molecule has 0 spiro atoms. The Hall–Kier alpha value is -0.0800. The lowest BCUT2D eigenvalue weighted by Crippen LogP contribution is -2.22. The SMILES string of the molecule is CCCCCCN(CC)OC. The van der Waals surface area contributed by atoms with Crippen molar-refractivity contribution in [2.45, 2.75) is 39.5 Å². The molecule has 0 amide bonds. The summed E-state index contributed by atoms with van der Waals surface area (Å²) in [6.07, 6.45) is 5.24. The van der Waals surface area contributed by atoms with E-state index in [-0.39, 0.29) is 0 Å². The quantitative estimate of drug-likeness (QED) is 0.418. The van der Waals surface area contributed by atoms with Gasteiger partial charge in [-0.05, 0) is 6.42 Å². The summed E-state index contributed by atoms with van der Waals surface area (Å²) in [7, 11) is 1.74. The van der Waals surface area contributed by atoms with Crippen LogP contribution in [0.4, 0.5) is 0 Å². The number of hydrogen-bond donors (Lipinski definition) is 0. The van der Waals surface area contributed by atoms with Gasteiger partial charge in [0.05, 0.1) is 7.11 Å². The fourth-order valence-electron chi connectivity index (χ4n) is 1.09. The van der Waals surface area contributed by atoms with Crippen LogP contribution in [-0.4, -0.2) is 25.3 Å². The van der Waals surface area contributed by atoms with Crippen molar-refractivity contribution in [1.82, 2.24) is 5.06 Å². The monoisotopic (exact) mass is 159 g/mol. The Balaban J connectivity index is 3.07. The topological polar surface area (TPSA) is 12.5 Å². The van der Waals surface area contributed by atoms with Gasteiger partial charge in [-0.1, -0.05) is 33.1 Å². The summed E-state index contributed by atoms with van der Waals surface area (Å²) >= 11 is 0. The van der Waals surface area contributed by atoms with Gasteiger partial charge < -0.3 is 4.84 Å². The number of rotatable bonds is 7. The zero-order chi connectivity index (χ0) is 8.53. The molecule has 2 nitrogen and oxygen atoms in total. The van der Waals surface area contributed by atoms with Gasteiger partial charge in [-0.15, -0.1) is 0 Å². The molecular weight excluding hydrogens is 138 g/mol. The van der Waals surface area contributed by atoms with Crippen molar-refractivity contribution in [2.75, 3.05) is 20.2 Å². The fraction of sp³-hybridized carbons (Fsp3) is 1.00. The zero-order valence-electron chi connectivity index (χ0n) is 8.10. The lowest BCUT2D eigenvalue weighted by Gasteiger charge is -2.16. The van der Waals surface area contributed by atoms with Crippen LogP contribution in [0.1, 0.15) is 39.5 Å². The van der Waals surface area contributed by atoms with Crippen molar-refractivity contribution in [3.8, 4) is 0 Å². The van der Waals surface area contributed by atoms with Crippen LogP contribution < -0.4 is 0 Å². The molecule has 0 saturated carbocycles. The number of unbranched alkanes of at least 4 members (excludes halogenated alkanes) is 3. The van der Waals surface area contributed by atoms with Crippen LogP contribution in [0.2, 0.25) is 0 Å². The molecule has 0 heterocycles. The molecule has 0 saturated heterocycles. The van der Waals surface area contributed by atoms with Gasteiger partial charge in [0.15, 0.2) is 0 Å². The molecule has 2 heteroatoms. The highest BCUT2D eigenvalue weighted by Crippen LogP contribution is 2.00. The average molecular weight is 159 g/mol. The minimum absolute atomic E-state index is 0.989. The molecular formula is C9H21NO. The van der Waals surface area contributed by atoms with Crippen LogP contribution in [0, 0.1) is 0 Å². The van der Waals surface area contributed by atoms with E-state index in [1.165, 1.54) is 25.7 Å². The van der Waals surface area contributed by atoms with E-state index < -0.39 is 0 Å². The van der Waals surface area contributed by atoms with Gasteiger partial charge in [-0.2, -0.15) is 5.06 Å². The van der Waals surface area contributed by atoms with Crippen molar-refractivity contribution in [2.24, 2.45) is 0 Å². The van der Waals surface area contributed by atoms with Gasteiger partial charge in [0.1, 0.15) is 0 Å². The van der Waals surface area contributed by atoms with Gasteiger partial charge in [-0.3, -0.25) is 0 Å². The molecule has 0 N–H and O–H groups in total. The van der Waals surface area contributed by atoms with Crippen molar-refractivity contribution >= 4 is 0 Å². The van der Waals surface area contributed by atoms with Crippen molar-refractivity contribution in [3.05, 3.63) is 0 Å². The predicted octanol–water partition coefficient (Wildman–Crippen LogP) is 2.45. The maximum atomic E-state index is 5.11. The summed E-state index contributed by atoms with van der Waals surface area (Å²) in [4.78, 5) is 5.11. The molecule has 0 aromatic carbocycles. The fourth-order valence-corrected chi connectivity index (χ4v) is 1.09. The molecule has 0 unspecified atom stereocenters. The molecule has 0 aliphatic rings. The third kappa shape index (κ3) is 6.32. The minimum atomic E-state index is 0.989. The Kier molecular flexibility index (Phi) is 7.96. The van der Waals surface area contributed by atoms with Crippen LogP contribution in [0.15, 0.2) is 0 Å². The predicted molar refractivity (Wildman–Crippen MR) is 48.4 cm³/mol. The van der Waals surface area contributed by atoms with E-state index in [1.54, 1.807) is 7.11 Å². The summed E-state index contributed by atoms with van der Waals surface area (Å²) in [5.74, 6) is 0. The molecule has 0 aromatic heterocycles. The summed E-state index contributed by atoms with van der Waals surface area (Å²) in [6.45, 7) is 6.41. The lowest BCUT2D eigenvalue weighted by atomic mass is 10.2. The largest absolute Gasteiger partial charge is 0.302 e. The summed E-state index contributed by atoms with van der Waals surface area (Å²) < 4.78 is 0. The smallest absolute Gasteiger partial charge is 0.0575 e. The van der Waals surface area contributed by atoms with Crippen LogP contribution in [0.3, 0.4) is 0 Å². The second kappa shape index (κ2) is 8.02. The summed E-state index contributed by atoms with van der Waals surface area (Å²) in [5, 5.41) is 2.00. The Labute approximate surface area is 70.5 Å². The zero-order valence-corrected chi connectivity index (χ0v) is 8.10. The van der Waals surface area contributed by atoms with Gasteiger partial charge in [0.25, 0.3) is 0 Å². The van der Waals surface area contributed by atoms with E-state index in [0.717, 1.165) is 13.1 Å². The van der Waals surface area contributed by atoms with Gasteiger partial charge in [0.2, 0.25) is 0 Å². The molecule has 0 aromatic rings. The van der Waals surface area contributed by atoms with E-state index in [2.05, 4.69) is 13.8 Å². The van der Waals surface area contributed by atoms with Gasteiger partial charge in [-0.25, -0.2) is 0 Å². The first-order valence-corrected chi connectivity index (χ1v) is 4.64. The maximum absolute atomic E-state index is 5.11. The molecule has 11 heavy (non-hydrogen) atoms. The van der Waals surface area contributed by atoms with Crippen molar-refractivity contribution in [3.63, 3.8) is 0 Å². The highest BCUT2D eigenvalue weighted by molar-refractivity contribution is 4.44. The molecule has 0 rings (SSSR count). The Morgan fingerprint density at radius 1 is 1.09 bits per heavy atom. The number of hydrogen-bond acceptors (Lipinski definition) is 2. The molecule has 0 aliphatic heterocycles. The Bertz CT molecular complexity index is 72.0. The molecule has 0 atom stereocenters. The number of hydroxylamine groups is 2. The highest BCUT2D eigenvalue weighted by atomic mass is 16.7.